The molecule has 1 atom stereocenters. The number of hydrogen-bond acceptors (Lipinski definition) is 4. The summed E-state index contributed by atoms with van der Waals surface area (Å²) in [6.45, 7) is 5.79. The highest BCUT2D eigenvalue weighted by Crippen LogP contribution is 2.16. The van der Waals surface area contributed by atoms with Crippen molar-refractivity contribution in [2.24, 2.45) is 0 Å². The van der Waals surface area contributed by atoms with Gasteiger partial charge in [-0.1, -0.05) is 24.3 Å². The Morgan fingerprint density at radius 1 is 1.30 bits per heavy atom. The number of nitrogens with zero attached hydrogens (tertiary/aromatic N) is 1. The molecule has 1 aromatic carbocycles. The molecule has 0 aliphatic carbocycles. The first-order valence-electron chi connectivity index (χ1n) is 7.76. The van der Waals surface area contributed by atoms with E-state index in [1.807, 2.05) is 67.6 Å². The number of benzene rings is 1. The summed E-state index contributed by atoms with van der Waals surface area (Å²) >= 11 is 1.65. The number of para-hydroxylation sites is 1. The third-order valence-electron chi connectivity index (χ3n) is 3.85. The number of nitrogens with one attached hydrogen (secondary N) is 1. The van der Waals surface area contributed by atoms with Crippen LogP contribution in [0.1, 0.15) is 17.4 Å². The van der Waals surface area contributed by atoms with E-state index in [0.29, 0.717) is 19.7 Å². The van der Waals surface area contributed by atoms with E-state index in [0.717, 1.165) is 16.2 Å². The van der Waals surface area contributed by atoms with Gasteiger partial charge in [-0.15, -0.1) is 11.3 Å². The second-order valence-electron chi connectivity index (χ2n) is 5.57. The molecule has 1 heterocycles. The van der Waals surface area contributed by atoms with Gasteiger partial charge < -0.3 is 10.1 Å². The SMILES string of the molecule is Cc1ccccc1OCCN(C)C(C)C(=O)NCc1cccs1. The highest BCUT2D eigenvalue weighted by Gasteiger charge is 2.17. The highest BCUT2D eigenvalue weighted by atomic mass is 32.1. The van der Waals surface area contributed by atoms with Crippen molar-refractivity contribution in [3.8, 4) is 5.75 Å². The summed E-state index contributed by atoms with van der Waals surface area (Å²) < 4.78 is 5.78. The molecule has 1 N–H and O–H groups in total. The Balaban J connectivity index is 1.72. The molecule has 5 heteroatoms. The van der Waals surface area contributed by atoms with Crippen LogP contribution in [0.25, 0.3) is 0 Å². The number of ether oxygens (including phenoxy) is 1. The van der Waals surface area contributed by atoms with Crippen molar-refractivity contribution < 1.29 is 9.53 Å². The first kappa shape index (κ1) is 17.5. The Morgan fingerprint density at radius 2 is 2.09 bits per heavy atom. The van der Waals surface area contributed by atoms with Crippen LogP contribution in [0.4, 0.5) is 0 Å². The summed E-state index contributed by atoms with van der Waals surface area (Å²) in [5, 5.41) is 4.99. The fourth-order valence-electron chi connectivity index (χ4n) is 2.15. The lowest BCUT2D eigenvalue weighted by molar-refractivity contribution is -0.125. The molecule has 0 radical (unpaired) electrons. The largest absolute Gasteiger partial charge is 0.492 e. The zero-order valence-corrected chi connectivity index (χ0v) is 14.7. The second kappa shape index (κ2) is 8.70. The fraction of sp³-hybridized carbons (Fsp3) is 0.389. The molecule has 2 rings (SSSR count). The molecule has 1 amide bonds. The predicted molar refractivity (Wildman–Crippen MR) is 94.9 cm³/mol. The smallest absolute Gasteiger partial charge is 0.237 e. The molecule has 0 fully saturated rings. The van der Waals surface area contributed by atoms with E-state index in [4.69, 9.17) is 4.74 Å². The average molecular weight is 332 g/mol. The Hall–Kier alpha value is -1.85. The average Bonchev–Trinajstić information content (AvgIpc) is 3.07. The quantitative estimate of drug-likeness (QED) is 0.808. The van der Waals surface area contributed by atoms with Gasteiger partial charge in [-0.2, -0.15) is 0 Å². The highest BCUT2D eigenvalue weighted by molar-refractivity contribution is 7.09. The maximum Gasteiger partial charge on any atom is 0.237 e. The lowest BCUT2D eigenvalue weighted by Gasteiger charge is -2.24. The molecule has 0 saturated carbocycles. The Kier molecular flexibility index (Phi) is 6.62. The maximum absolute atomic E-state index is 12.2. The van der Waals surface area contributed by atoms with Gasteiger partial charge in [-0.25, -0.2) is 0 Å². The van der Waals surface area contributed by atoms with Crippen molar-refractivity contribution in [1.82, 2.24) is 10.2 Å². The van der Waals surface area contributed by atoms with Crippen molar-refractivity contribution in [3.63, 3.8) is 0 Å². The molecule has 1 aromatic heterocycles. The number of aryl methyl sites for hydroxylation is 1. The topological polar surface area (TPSA) is 41.6 Å². The molecule has 0 saturated heterocycles. The van der Waals surface area contributed by atoms with Crippen LogP contribution in [0.2, 0.25) is 0 Å². The van der Waals surface area contributed by atoms with Gasteiger partial charge in [0.05, 0.1) is 12.6 Å². The van der Waals surface area contributed by atoms with E-state index in [2.05, 4.69) is 5.32 Å². The third-order valence-corrected chi connectivity index (χ3v) is 4.73. The van der Waals surface area contributed by atoms with Gasteiger partial charge in [-0.3, -0.25) is 9.69 Å². The van der Waals surface area contributed by atoms with E-state index in [1.165, 1.54) is 0 Å². The molecule has 0 aliphatic rings. The predicted octanol–water partition coefficient (Wildman–Crippen LogP) is 3.07. The summed E-state index contributed by atoms with van der Waals surface area (Å²) in [5.74, 6) is 0.937. The zero-order valence-electron chi connectivity index (χ0n) is 13.9. The van der Waals surface area contributed by atoms with E-state index < -0.39 is 0 Å². The van der Waals surface area contributed by atoms with Gasteiger partial charge in [0.1, 0.15) is 12.4 Å². The molecule has 124 valence electrons. The number of amides is 1. The molecule has 0 bridgehead atoms. The Labute approximate surface area is 142 Å². The normalized spacial score (nSPS) is 12.2. The van der Waals surface area contributed by atoms with Crippen molar-refractivity contribution in [3.05, 3.63) is 52.2 Å². The molecule has 1 unspecified atom stereocenters. The second-order valence-corrected chi connectivity index (χ2v) is 6.60. The van der Waals surface area contributed by atoms with Crippen LogP contribution in [-0.2, 0) is 11.3 Å². The van der Waals surface area contributed by atoms with Crippen LogP contribution in [0.5, 0.6) is 5.75 Å². The standard InChI is InChI=1S/C18H24N2O2S/c1-14-7-4-5-9-17(14)22-11-10-20(3)15(2)18(21)19-13-16-8-6-12-23-16/h4-9,12,15H,10-11,13H2,1-3H3,(H,19,21). The number of hydrogen-bond donors (Lipinski definition) is 1. The van der Waals surface area contributed by atoms with E-state index in [-0.39, 0.29) is 11.9 Å². The molecule has 4 nitrogen and oxygen atoms in total. The molecular weight excluding hydrogens is 308 g/mol. The summed E-state index contributed by atoms with van der Waals surface area (Å²) in [7, 11) is 1.94. The van der Waals surface area contributed by atoms with Crippen LogP contribution in [0, 0.1) is 6.92 Å². The summed E-state index contributed by atoms with van der Waals surface area (Å²) in [6, 6.07) is 11.8. The van der Waals surface area contributed by atoms with Crippen molar-refractivity contribution in [2.75, 3.05) is 20.2 Å². The van der Waals surface area contributed by atoms with Gasteiger partial charge in [0, 0.05) is 11.4 Å². The molecule has 2 aromatic rings. The zero-order chi connectivity index (χ0) is 16.7. The van der Waals surface area contributed by atoms with Crippen molar-refractivity contribution in [1.29, 1.82) is 0 Å². The van der Waals surface area contributed by atoms with Crippen LogP contribution >= 0.6 is 11.3 Å². The summed E-state index contributed by atoms with van der Waals surface area (Å²) in [6.07, 6.45) is 0. The van der Waals surface area contributed by atoms with Crippen molar-refractivity contribution >= 4 is 17.2 Å². The van der Waals surface area contributed by atoms with E-state index in [1.54, 1.807) is 11.3 Å². The minimum Gasteiger partial charge on any atom is -0.492 e. The minimum atomic E-state index is -0.185. The number of carbonyl (C=O) groups excluding carboxylic acids is 1. The Bertz CT molecular complexity index is 613. The van der Waals surface area contributed by atoms with Gasteiger partial charge in [0.25, 0.3) is 0 Å². The van der Waals surface area contributed by atoms with Crippen molar-refractivity contribution in [2.45, 2.75) is 26.4 Å². The lowest BCUT2D eigenvalue weighted by Crippen LogP contribution is -2.44. The van der Waals surface area contributed by atoms with Crippen LogP contribution in [-0.4, -0.2) is 37.0 Å². The minimum absolute atomic E-state index is 0.0387. The number of carbonyl (C=O) groups is 1. The van der Waals surface area contributed by atoms with Gasteiger partial charge in [0.2, 0.25) is 5.91 Å². The molecular formula is C18H24N2O2S. The van der Waals surface area contributed by atoms with Crippen LogP contribution in [0.15, 0.2) is 41.8 Å². The fourth-order valence-corrected chi connectivity index (χ4v) is 2.79. The van der Waals surface area contributed by atoms with Gasteiger partial charge in [-0.05, 0) is 44.0 Å². The summed E-state index contributed by atoms with van der Waals surface area (Å²) in [5.41, 5.74) is 1.12. The summed E-state index contributed by atoms with van der Waals surface area (Å²) in [4.78, 5) is 15.3. The first-order chi connectivity index (χ1) is 11.1. The van der Waals surface area contributed by atoms with Crippen LogP contribution < -0.4 is 10.1 Å². The van der Waals surface area contributed by atoms with Crippen LogP contribution in [0.3, 0.4) is 0 Å². The Morgan fingerprint density at radius 3 is 2.78 bits per heavy atom. The van der Waals surface area contributed by atoms with Gasteiger partial charge in [0.15, 0.2) is 0 Å². The number of thiophene rings is 1. The first-order valence-corrected chi connectivity index (χ1v) is 8.64. The van der Waals surface area contributed by atoms with E-state index >= 15 is 0 Å². The van der Waals surface area contributed by atoms with E-state index in [9.17, 15) is 4.79 Å². The monoisotopic (exact) mass is 332 g/mol. The third kappa shape index (κ3) is 5.37. The number of likely N-dealkylation sites (N-methyl/N-ethyl adjacent to an activating group) is 1. The molecule has 0 spiro atoms. The molecule has 0 aliphatic heterocycles. The van der Waals surface area contributed by atoms with Gasteiger partial charge >= 0.3 is 0 Å². The molecule has 23 heavy (non-hydrogen) atoms. The lowest BCUT2D eigenvalue weighted by atomic mass is 10.2. The number of rotatable bonds is 8. The maximum atomic E-state index is 12.2.